The van der Waals surface area contributed by atoms with Crippen molar-refractivity contribution in [1.29, 1.82) is 0 Å². The van der Waals surface area contributed by atoms with Crippen LogP contribution in [-0.2, 0) is 14.3 Å². The number of benzene rings is 1. The van der Waals surface area contributed by atoms with Gasteiger partial charge >= 0.3 is 5.97 Å². The zero-order chi connectivity index (χ0) is 21.2. The molecular formula is C20H25NO8. The van der Waals surface area contributed by atoms with Gasteiger partial charge in [-0.15, -0.1) is 0 Å². The smallest absolute Gasteiger partial charge is 0.331 e. The molecule has 0 bridgehead atoms. The largest absolute Gasteiger partial charge is 0.504 e. The van der Waals surface area contributed by atoms with Gasteiger partial charge in [-0.3, -0.25) is 4.79 Å². The van der Waals surface area contributed by atoms with Crippen LogP contribution >= 0.6 is 0 Å². The van der Waals surface area contributed by atoms with Gasteiger partial charge < -0.3 is 35.2 Å². The molecule has 1 aromatic carbocycles. The van der Waals surface area contributed by atoms with E-state index in [1.165, 1.54) is 29.2 Å². The van der Waals surface area contributed by atoms with E-state index in [2.05, 4.69) is 0 Å². The Labute approximate surface area is 167 Å². The van der Waals surface area contributed by atoms with E-state index >= 15 is 0 Å². The molecule has 158 valence electrons. The fraction of sp³-hybridized carbons (Fsp3) is 0.500. The maximum atomic E-state index is 12.7. The SMILES string of the molecule is O=C(C=Cc1ccc(O)c(O)c1)O[C@@H]1C[C@](O)(C(=O)N2CCCC2)C[C@@H](O)[C@H]1O. The predicted octanol–water partition coefficient (Wildman–Crippen LogP) is -0.108. The van der Waals surface area contributed by atoms with E-state index in [4.69, 9.17) is 4.74 Å². The minimum absolute atomic E-state index is 0.300. The quantitative estimate of drug-likeness (QED) is 0.264. The average Bonchev–Trinajstić information content (AvgIpc) is 3.20. The highest BCUT2D eigenvalue weighted by molar-refractivity contribution is 5.88. The summed E-state index contributed by atoms with van der Waals surface area (Å²) in [6.07, 6.45) is -0.726. The summed E-state index contributed by atoms with van der Waals surface area (Å²) in [6, 6.07) is 3.96. The fourth-order valence-corrected chi connectivity index (χ4v) is 3.75. The molecule has 1 saturated heterocycles. The summed E-state index contributed by atoms with van der Waals surface area (Å²) in [5, 5.41) is 49.9. The lowest BCUT2D eigenvalue weighted by Gasteiger charge is -2.42. The van der Waals surface area contributed by atoms with Gasteiger partial charge in [-0.25, -0.2) is 4.79 Å². The van der Waals surface area contributed by atoms with Crippen LogP contribution in [-0.4, -0.2) is 79.3 Å². The van der Waals surface area contributed by atoms with E-state index in [0.29, 0.717) is 18.7 Å². The molecule has 0 unspecified atom stereocenters. The summed E-state index contributed by atoms with van der Waals surface area (Å²) in [7, 11) is 0. The third-order valence-electron chi connectivity index (χ3n) is 5.33. The molecule has 0 spiro atoms. The highest BCUT2D eigenvalue weighted by Crippen LogP contribution is 2.33. The molecule has 0 aromatic heterocycles. The number of phenolic OH excluding ortho intramolecular Hbond substituents is 2. The normalized spacial score (nSPS) is 29.9. The number of rotatable bonds is 4. The minimum Gasteiger partial charge on any atom is -0.504 e. The molecule has 1 saturated carbocycles. The molecule has 1 amide bonds. The summed E-state index contributed by atoms with van der Waals surface area (Å²) in [5.74, 6) is -2.04. The molecule has 9 nitrogen and oxygen atoms in total. The van der Waals surface area contributed by atoms with E-state index in [-0.39, 0.29) is 24.3 Å². The van der Waals surface area contributed by atoms with Crippen LogP contribution < -0.4 is 0 Å². The van der Waals surface area contributed by atoms with Gasteiger partial charge in [0.05, 0.1) is 6.10 Å². The first-order chi connectivity index (χ1) is 13.7. The van der Waals surface area contributed by atoms with Gasteiger partial charge in [-0.05, 0) is 36.6 Å². The fourth-order valence-electron chi connectivity index (χ4n) is 3.75. The van der Waals surface area contributed by atoms with Crippen molar-refractivity contribution in [1.82, 2.24) is 4.90 Å². The standard InChI is InChI=1S/C20H25NO8/c22-13-5-3-12(9-14(13)23)4-6-17(25)29-16-11-20(28,10-15(24)18(16)26)19(27)21-7-1-2-8-21/h3-6,9,15-16,18,22-24,26,28H,1-2,7-8,10-11H2/t15-,16-,18-,20+/m1/s1. The third kappa shape index (κ3) is 4.69. The Balaban J connectivity index is 1.67. The maximum absolute atomic E-state index is 12.7. The Kier molecular flexibility index (Phi) is 6.11. The van der Waals surface area contributed by atoms with E-state index in [1.807, 2.05) is 0 Å². The Bertz CT molecular complexity index is 804. The van der Waals surface area contributed by atoms with Crippen LogP contribution in [0.1, 0.15) is 31.2 Å². The van der Waals surface area contributed by atoms with Gasteiger partial charge in [0.15, 0.2) is 11.5 Å². The maximum Gasteiger partial charge on any atom is 0.331 e. The second-order valence-electron chi connectivity index (χ2n) is 7.55. The van der Waals surface area contributed by atoms with Crippen LogP contribution in [0.5, 0.6) is 11.5 Å². The molecule has 2 fully saturated rings. The van der Waals surface area contributed by atoms with E-state index in [0.717, 1.165) is 18.9 Å². The summed E-state index contributed by atoms with van der Waals surface area (Å²) < 4.78 is 5.18. The van der Waals surface area contributed by atoms with Crippen LogP contribution in [0.4, 0.5) is 0 Å². The van der Waals surface area contributed by atoms with Crippen molar-refractivity contribution < 1.29 is 39.9 Å². The minimum atomic E-state index is -1.92. The Hall–Kier alpha value is -2.62. The number of esters is 1. The predicted molar refractivity (Wildman–Crippen MR) is 101 cm³/mol. The Morgan fingerprint density at radius 3 is 2.45 bits per heavy atom. The highest BCUT2D eigenvalue weighted by Gasteiger charge is 2.51. The van der Waals surface area contributed by atoms with Crippen LogP contribution in [0.3, 0.4) is 0 Å². The van der Waals surface area contributed by atoms with Gasteiger partial charge in [0.25, 0.3) is 5.91 Å². The zero-order valence-electron chi connectivity index (χ0n) is 15.8. The second-order valence-corrected chi connectivity index (χ2v) is 7.55. The Morgan fingerprint density at radius 2 is 1.79 bits per heavy atom. The number of amides is 1. The topological polar surface area (TPSA) is 148 Å². The lowest BCUT2D eigenvalue weighted by atomic mass is 9.78. The molecule has 0 radical (unpaired) electrons. The zero-order valence-corrected chi connectivity index (χ0v) is 15.8. The summed E-state index contributed by atoms with van der Waals surface area (Å²) in [5.41, 5.74) is -1.50. The van der Waals surface area contributed by atoms with Crippen molar-refractivity contribution in [3.63, 3.8) is 0 Å². The number of aliphatic hydroxyl groups is 3. The van der Waals surface area contributed by atoms with E-state index in [1.54, 1.807) is 0 Å². The molecule has 1 heterocycles. The Morgan fingerprint density at radius 1 is 1.10 bits per heavy atom. The molecule has 1 aliphatic heterocycles. The van der Waals surface area contributed by atoms with Gasteiger partial charge in [-0.1, -0.05) is 6.07 Å². The van der Waals surface area contributed by atoms with Crippen molar-refractivity contribution in [2.45, 2.75) is 49.6 Å². The summed E-state index contributed by atoms with van der Waals surface area (Å²) >= 11 is 0. The number of aliphatic hydroxyl groups excluding tert-OH is 2. The molecule has 29 heavy (non-hydrogen) atoms. The molecule has 1 aliphatic carbocycles. The first-order valence-corrected chi connectivity index (χ1v) is 9.48. The number of ether oxygens (including phenoxy) is 1. The van der Waals surface area contributed by atoms with Crippen LogP contribution in [0.25, 0.3) is 6.08 Å². The average molecular weight is 407 g/mol. The third-order valence-corrected chi connectivity index (χ3v) is 5.33. The van der Waals surface area contributed by atoms with Crippen molar-refractivity contribution in [3.05, 3.63) is 29.8 Å². The lowest BCUT2D eigenvalue weighted by molar-refractivity contribution is -0.191. The van der Waals surface area contributed by atoms with Gasteiger partial charge in [-0.2, -0.15) is 0 Å². The van der Waals surface area contributed by atoms with Crippen molar-refractivity contribution in [2.75, 3.05) is 13.1 Å². The first-order valence-electron chi connectivity index (χ1n) is 9.48. The molecule has 1 aromatic rings. The lowest BCUT2D eigenvalue weighted by Crippen LogP contribution is -2.60. The summed E-state index contributed by atoms with van der Waals surface area (Å²) in [4.78, 5) is 26.3. The highest BCUT2D eigenvalue weighted by atomic mass is 16.6. The monoisotopic (exact) mass is 407 g/mol. The first kappa shape index (κ1) is 21.1. The van der Waals surface area contributed by atoms with Crippen LogP contribution in [0, 0.1) is 0 Å². The van der Waals surface area contributed by atoms with E-state index < -0.39 is 35.8 Å². The summed E-state index contributed by atoms with van der Waals surface area (Å²) in [6.45, 7) is 1.04. The van der Waals surface area contributed by atoms with Gasteiger partial charge in [0.2, 0.25) is 0 Å². The van der Waals surface area contributed by atoms with Crippen molar-refractivity contribution in [2.24, 2.45) is 0 Å². The van der Waals surface area contributed by atoms with Crippen LogP contribution in [0.15, 0.2) is 24.3 Å². The number of carbonyl (C=O) groups excluding carboxylic acids is 2. The molecule has 9 heteroatoms. The number of nitrogens with zero attached hydrogens (tertiary/aromatic N) is 1. The molecule has 3 rings (SSSR count). The number of likely N-dealkylation sites (tertiary alicyclic amines) is 1. The number of hydrogen-bond acceptors (Lipinski definition) is 8. The molecule has 2 aliphatic rings. The number of hydrogen-bond donors (Lipinski definition) is 5. The number of carbonyl (C=O) groups is 2. The molecule has 5 N–H and O–H groups in total. The van der Waals surface area contributed by atoms with Gasteiger partial charge in [0, 0.05) is 32.0 Å². The number of phenols is 2. The van der Waals surface area contributed by atoms with Crippen molar-refractivity contribution >= 4 is 18.0 Å². The van der Waals surface area contributed by atoms with Crippen LogP contribution in [0.2, 0.25) is 0 Å². The second kappa shape index (κ2) is 8.40. The molecular weight excluding hydrogens is 382 g/mol. The van der Waals surface area contributed by atoms with E-state index in [9.17, 15) is 35.1 Å². The molecule has 4 atom stereocenters. The number of aromatic hydroxyl groups is 2. The van der Waals surface area contributed by atoms with Gasteiger partial charge in [0.1, 0.15) is 17.8 Å². The van der Waals surface area contributed by atoms with Crippen molar-refractivity contribution in [3.8, 4) is 11.5 Å².